The number of unbranched alkanes of at least 4 members (excludes halogenated alkanes) is 18. The van der Waals surface area contributed by atoms with E-state index in [4.69, 9.17) is 9.47 Å². The lowest BCUT2D eigenvalue weighted by Crippen LogP contribution is -2.46. The van der Waals surface area contributed by atoms with Crippen molar-refractivity contribution in [2.24, 2.45) is 0 Å². The first-order valence-electron chi connectivity index (χ1n) is 18.7. The Balaban J connectivity index is 2.52. The molecular formula is C39H71N2O4+. The first kappa shape index (κ1) is 41.0. The van der Waals surface area contributed by atoms with Gasteiger partial charge in [0.2, 0.25) is 5.91 Å². The molecule has 0 saturated carbocycles. The molecule has 1 rings (SSSR count). The number of rotatable bonds is 31. The van der Waals surface area contributed by atoms with Gasteiger partial charge in [-0.05, 0) is 36.6 Å². The van der Waals surface area contributed by atoms with Crippen LogP contribution in [0.3, 0.4) is 0 Å². The molecule has 1 aromatic rings. The van der Waals surface area contributed by atoms with E-state index in [0.29, 0.717) is 30.8 Å². The highest BCUT2D eigenvalue weighted by Crippen LogP contribution is 2.30. The van der Waals surface area contributed by atoms with E-state index in [9.17, 15) is 9.90 Å². The second kappa shape index (κ2) is 28.2. The van der Waals surface area contributed by atoms with Crippen molar-refractivity contribution in [3.05, 3.63) is 29.8 Å². The van der Waals surface area contributed by atoms with Crippen LogP contribution in [0.5, 0.6) is 11.5 Å². The number of ether oxygens (including phenoxy) is 2. The first-order valence-corrected chi connectivity index (χ1v) is 18.7. The van der Waals surface area contributed by atoms with Gasteiger partial charge < -0.3 is 24.4 Å². The summed E-state index contributed by atoms with van der Waals surface area (Å²) in [4.78, 5) is 12.4. The van der Waals surface area contributed by atoms with Gasteiger partial charge in [0.1, 0.15) is 6.54 Å². The number of aliphatic hydroxyl groups excluding tert-OH is 1. The summed E-state index contributed by atoms with van der Waals surface area (Å²) in [7, 11) is 4.10. The molecule has 0 radical (unpaired) electrons. The molecule has 45 heavy (non-hydrogen) atoms. The lowest BCUT2D eigenvalue weighted by atomic mass is 10.1. The Morgan fingerprint density at radius 1 is 0.689 bits per heavy atom. The molecule has 0 atom stereocenters. The third-order valence-electron chi connectivity index (χ3n) is 8.63. The van der Waals surface area contributed by atoms with Gasteiger partial charge in [-0.1, -0.05) is 135 Å². The van der Waals surface area contributed by atoms with Crippen molar-refractivity contribution < 1.29 is 23.9 Å². The van der Waals surface area contributed by atoms with Gasteiger partial charge in [-0.3, -0.25) is 4.79 Å². The quantitative estimate of drug-likeness (QED) is 0.0487. The van der Waals surface area contributed by atoms with E-state index in [1.54, 1.807) is 6.08 Å². The fourth-order valence-corrected chi connectivity index (χ4v) is 5.50. The highest BCUT2D eigenvalue weighted by atomic mass is 16.5. The van der Waals surface area contributed by atoms with Crippen LogP contribution in [0.25, 0.3) is 6.08 Å². The number of aliphatic hydroxyl groups is 1. The highest BCUT2D eigenvalue weighted by molar-refractivity contribution is 5.91. The molecule has 0 aromatic heterocycles. The summed E-state index contributed by atoms with van der Waals surface area (Å²) in [5.41, 5.74) is 0.922. The number of benzene rings is 1. The van der Waals surface area contributed by atoms with Crippen LogP contribution >= 0.6 is 0 Å². The number of amides is 1. The Labute approximate surface area is 277 Å². The molecule has 0 unspecified atom stereocenters. The van der Waals surface area contributed by atoms with Crippen molar-refractivity contribution >= 4 is 12.0 Å². The van der Waals surface area contributed by atoms with E-state index in [1.807, 2.05) is 24.3 Å². The van der Waals surface area contributed by atoms with Gasteiger partial charge in [-0.25, -0.2) is 0 Å². The van der Waals surface area contributed by atoms with Crippen molar-refractivity contribution in [3.63, 3.8) is 0 Å². The molecule has 0 spiro atoms. The Morgan fingerprint density at radius 2 is 1.16 bits per heavy atom. The van der Waals surface area contributed by atoms with Crippen LogP contribution in [0, 0.1) is 0 Å². The fourth-order valence-electron chi connectivity index (χ4n) is 5.50. The maximum Gasteiger partial charge on any atom is 0.244 e. The second-order valence-electron chi connectivity index (χ2n) is 13.5. The minimum atomic E-state index is -0.117. The number of carbonyl (C=O) groups is 1. The summed E-state index contributed by atoms with van der Waals surface area (Å²) in [6, 6.07) is 5.97. The molecule has 6 heteroatoms. The molecule has 2 N–H and O–H groups in total. The summed E-state index contributed by atoms with van der Waals surface area (Å²) in [5, 5.41) is 12.2. The number of hydrogen-bond donors (Lipinski definition) is 2. The highest BCUT2D eigenvalue weighted by Gasteiger charge is 2.13. The zero-order valence-electron chi connectivity index (χ0n) is 29.9. The van der Waals surface area contributed by atoms with Gasteiger partial charge in [0.25, 0.3) is 0 Å². The lowest BCUT2D eigenvalue weighted by molar-refractivity contribution is -0.889. The standard InChI is InChI=1S/C39H70N2O4/c1-5-7-9-11-13-15-17-19-21-23-33-44-37-27-25-36(26-28-39(43)40-29-30-41(3,4)31-32-42)35-38(37)45-34-24-22-20-18-16-14-12-10-8-6-2/h25-28,35,42H,5-24,29-34H2,1-4H3/p+1. The number of hydrogen-bond acceptors (Lipinski definition) is 4. The fraction of sp³-hybridized carbons (Fsp3) is 0.769. The molecule has 6 nitrogen and oxygen atoms in total. The summed E-state index contributed by atoms with van der Waals surface area (Å²) in [6.45, 7) is 8.07. The van der Waals surface area contributed by atoms with E-state index >= 15 is 0 Å². The summed E-state index contributed by atoms with van der Waals surface area (Å²) < 4.78 is 13.1. The Hall–Kier alpha value is -2.05. The normalized spacial score (nSPS) is 11.8. The molecule has 0 fully saturated rings. The van der Waals surface area contributed by atoms with Crippen LogP contribution in [-0.2, 0) is 4.79 Å². The van der Waals surface area contributed by atoms with Crippen LogP contribution in [0.15, 0.2) is 24.3 Å². The smallest absolute Gasteiger partial charge is 0.244 e. The SMILES string of the molecule is CCCCCCCCCCCCOc1ccc(C=CC(=O)NCC[N+](C)(C)CCO)cc1OCCCCCCCCCCCC. The molecule has 0 aliphatic rings. The summed E-state index contributed by atoms with van der Waals surface area (Å²) in [5.74, 6) is 1.44. The largest absolute Gasteiger partial charge is 0.490 e. The van der Waals surface area contributed by atoms with E-state index < -0.39 is 0 Å². The monoisotopic (exact) mass is 632 g/mol. The van der Waals surface area contributed by atoms with Crippen LogP contribution < -0.4 is 14.8 Å². The van der Waals surface area contributed by atoms with E-state index in [-0.39, 0.29) is 12.5 Å². The minimum absolute atomic E-state index is 0.117. The molecule has 0 aliphatic heterocycles. The van der Waals surface area contributed by atoms with Crippen molar-refractivity contribution in [1.29, 1.82) is 0 Å². The number of nitrogens with zero attached hydrogens (tertiary/aromatic N) is 1. The average Bonchev–Trinajstić information content (AvgIpc) is 3.02. The van der Waals surface area contributed by atoms with Crippen LogP contribution in [0.1, 0.15) is 148 Å². The van der Waals surface area contributed by atoms with Gasteiger partial charge in [0, 0.05) is 6.08 Å². The zero-order chi connectivity index (χ0) is 32.9. The van der Waals surface area contributed by atoms with Gasteiger partial charge in [-0.15, -0.1) is 0 Å². The van der Waals surface area contributed by atoms with E-state index in [2.05, 4.69) is 33.3 Å². The molecule has 0 saturated heterocycles. The molecule has 1 aromatic carbocycles. The van der Waals surface area contributed by atoms with Crippen molar-refractivity contribution in [1.82, 2.24) is 5.32 Å². The number of quaternary nitrogens is 1. The summed E-state index contributed by atoms with van der Waals surface area (Å²) in [6.07, 6.45) is 29.5. The Bertz CT molecular complexity index is 871. The topological polar surface area (TPSA) is 67.8 Å². The van der Waals surface area contributed by atoms with Gasteiger partial charge in [0.05, 0.1) is 47.0 Å². The van der Waals surface area contributed by atoms with Crippen molar-refractivity contribution in [2.75, 3.05) is 53.6 Å². The van der Waals surface area contributed by atoms with E-state index in [0.717, 1.165) is 36.4 Å². The molecule has 0 heterocycles. The number of likely N-dealkylation sites (N-methyl/N-ethyl adjacent to an activating group) is 1. The second-order valence-corrected chi connectivity index (χ2v) is 13.5. The van der Waals surface area contributed by atoms with Gasteiger partial charge in [0.15, 0.2) is 11.5 Å². The number of carbonyl (C=O) groups excluding carboxylic acids is 1. The van der Waals surface area contributed by atoms with Crippen LogP contribution in [0.2, 0.25) is 0 Å². The summed E-state index contributed by atoms with van der Waals surface area (Å²) >= 11 is 0. The Kier molecular flexibility index (Phi) is 25.7. The number of nitrogens with one attached hydrogen (secondary N) is 1. The first-order chi connectivity index (χ1) is 21.9. The van der Waals surface area contributed by atoms with Crippen molar-refractivity contribution in [3.8, 4) is 11.5 Å². The van der Waals surface area contributed by atoms with E-state index in [1.165, 1.54) is 116 Å². The maximum atomic E-state index is 12.4. The molecule has 260 valence electrons. The minimum Gasteiger partial charge on any atom is -0.490 e. The predicted molar refractivity (Wildman–Crippen MR) is 192 cm³/mol. The Morgan fingerprint density at radius 3 is 1.64 bits per heavy atom. The maximum absolute atomic E-state index is 12.4. The third-order valence-corrected chi connectivity index (χ3v) is 8.63. The molecule has 0 bridgehead atoms. The lowest BCUT2D eigenvalue weighted by Gasteiger charge is -2.28. The molecule has 1 amide bonds. The van der Waals surface area contributed by atoms with Gasteiger partial charge >= 0.3 is 0 Å². The third kappa shape index (κ3) is 23.9. The predicted octanol–water partition coefficient (Wildman–Crippen LogP) is 9.48. The molecule has 0 aliphatic carbocycles. The van der Waals surface area contributed by atoms with Crippen molar-refractivity contribution in [2.45, 2.75) is 142 Å². The van der Waals surface area contributed by atoms with Crippen LogP contribution in [0.4, 0.5) is 0 Å². The van der Waals surface area contributed by atoms with Crippen LogP contribution in [-0.4, -0.2) is 69.0 Å². The van der Waals surface area contributed by atoms with Gasteiger partial charge in [-0.2, -0.15) is 0 Å². The average molecular weight is 632 g/mol. The zero-order valence-corrected chi connectivity index (χ0v) is 29.9. The molecular weight excluding hydrogens is 560 g/mol.